The van der Waals surface area contributed by atoms with Gasteiger partial charge in [0, 0.05) is 9.81 Å². The quantitative estimate of drug-likeness (QED) is 0.389. The van der Waals surface area contributed by atoms with E-state index in [4.69, 9.17) is 24.1 Å². The molecule has 56 valence electrons. The summed E-state index contributed by atoms with van der Waals surface area (Å²) in [5, 5.41) is 0. The van der Waals surface area contributed by atoms with Crippen molar-refractivity contribution in [1.82, 2.24) is 0 Å². The molecule has 0 aromatic carbocycles. The molecule has 0 unspecified atom stereocenters. The van der Waals surface area contributed by atoms with E-state index < -0.39 is 16.7 Å². The molecule has 0 radical (unpaired) electrons. The van der Waals surface area contributed by atoms with E-state index in [1.165, 1.54) is 0 Å². The Morgan fingerprint density at radius 3 is 0.889 bits per heavy atom. The Morgan fingerprint density at radius 1 is 0.889 bits per heavy atom. The van der Waals surface area contributed by atoms with Crippen LogP contribution in [0.25, 0.3) is 0 Å². The standard InChI is InChI=1S/Mo.2H2NO.4O/c;2*1-2;;;;/h;2*1H2;;;;/q;2*+1;;;2*-1. The average molecular weight is 224 g/mol. The zero-order valence-corrected chi connectivity index (χ0v) is 6.02. The van der Waals surface area contributed by atoms with Crippen molar-refractivity contribution in [2.75, 3.05) is 0 Å². The van der Waals surface area contributed by atoms with Crippen molar-refractivity contribution in [1.29, 1.82) is 0 Å². The Hall–Kier alpha value is -0.592. The molecule has 0 atom stereocenters. The first-order valence-corrected chi connectivity index (χ1v) is 4.42. The summed E-state index contributed by atoms with van der Waals surface area (Å²) in [5.74, 6) is 0. The summed E-state index contributed by atoms with van der Waals surface area (Å²) in [6, 6.07) is 0. The molecule has 0 rings (SSSR count). The zero-order valence-electron chi connectivity index (χ0n) is 4.01. The third kappa shape index (κ3) is 619. The predicted octanol–water partition coefficient (Wildman–Crippen LogP) is -5.59. The fourth-order valence-corrected chi connectivity index (χ4v) is 0. The molecule has 0 heterocycles. The van der Waals surface area contributed by atoms with Crippen LogP contribution in [-0.4, -0.2) is 0 Å². The molecule has 4 N–H and O–H groups in total. The summed E-state index contributed by atoms with van der Waals surface area (Å²) >= 11 is -6.02. The molecule has 0 aliphatic heterocycles. The average Bonchev–Trinajstić information content (AvgIpc) is 1.72. The molecule has 0 spiro atoms. The van der Waals surface area contributed by atoms with Gasteiger partial charge >= 0.3 is 31.1 Å². The molecule has 0 amide bonds. The number of hydrogen-bond donors (Lipinski definition) is 2. The summed E-state index contributed by atoms with van der Waals surface area (Å²) in [7, 11) is 0. The van der Waals surface area contributed by atoms with Crippen LogP contribution in [0.5, 0.6) is 0 Å². The minimum absolute atomic E-state index is 3.25. The molecular weight excluding hydrogens is 220 g/mol. The molecule has 0 aliphatic carbocycles. The number of nitrogens with two attached hydrogens (primary N) is 2. The Kier molecular flexibility index (Phi) is 18.2. The predicted molar refractivity (Wildman–Crippen MR) is 12.0 cm³/mol. The topological polar surface area (TPSA) is 166 Å². The van der Waals surface area contributed by atoms with Crippen LogP contribution in [0.2, 0.25) is 0 Å². The van der Waals surface area contributed by atoms with Gasteiger partial charge in [0.1, 0.15) is 0 Å². The normalized spacial score (nSPS) is 7.33. The van der Waals surface area contributed by atoms with Gasteiger partial charge in [-0.3, -0.25) is 0 Å². The van der Waals surface area contributed by atoms with Crippen LogP contribution < -0.4 is 18.7 Å². The van der Waals surface area contributed by atoms with E-state index in [1.54, 1.807) is 0 Å². The molecule has 0 aromatic heterocycles. The minimum atomic E-state index is -6.02. The van der Waals surface area contributed by atoms with Crippen LogP contribution in [0.3, 0.4) is 0 Å². The van der Waals surface area contributed by atoms with Crippen molar-refractivity contribution in [3.05, 3.63) is 9.81 Å². The van der Waals surface area contributed by atoms with Crippen molar-refractivity contribution in [3.8, 4) is 0 Å². The summed E-state index contributed by atoms with van der Waals surface area (Å²) in [6.07, 6.45) is 0. The monoisotopic (exact) mass is 226 g/mol. The third-order valence-electron chi connectivity index (χ3n) is 0. The van der Waals surface area contributed by atoms with Crippen molar-refractivity contribution >= 4 is 0 Å². The first-order chi connectivity index (χ1) is 4.00. The van der Waals surface area contributed by atoms with Crippen LogP contribution in [0.1, 0.15) is 0 Å². The van der Waals surface area contributed by atoms with Crippen LogP contribution in [0, 0.1) is 9.81 Å². The molecule has 9 heavy (non-hydrogen) atoms. The van der Waals surface area contributed by atoms with Crippen LogP contribution in [-0.2, 0) is 23.5 Å². The fourth-order valence-electron chi connectivity index (χ4n) is 0. The second kappa shape index (κ2) is 10.4. The van der Waals surface area contributed by atoms with Crippen LogP contribution in [0.4, 0.5) is 0 Å². The van der Waals surface area contributed by atoms with Gasteiger partial charge in [0.05, 0.1) is 0 Å². The molecule has 0 aliphatic rings. The third-order valence-corrected chi connectivity index (χ3v) is 0. The number of rotatable bonds is 0. The molecular formula is H4MoN2O6. The van der Waals surface area contributed by atoms with Crippen molar-refractivity contribution in [2.24, 2.45) is 0 Å². The van der Waals surface area contributed by atoms with E-state index in [9.17, 15) is 0 Å². The molecule has 0 fully saturated rings. The Balaban J connectivity index is -0.0000000771. The van der Waals surface area contributed by atoms with E-state index in [1.807, 2.05) is 0 Å². The maximum absolute atomic E-state index is 8.63. The number of nitroso groups, excluding NO2 is 2. The summed E-state index contributed by atoms with van der Waals surface area (Å²) < 4.78 is 34.5. The Labute approximate surface area is 52.8 Å². The van der Waals surface area contributed by atoms with Gasteiger partial charge in [0.2, 0.25) is 0 Å². The fraction of sp³-hybridized carbons (Fsp3) is 0. The Bertz CT molecular complexity index is 114. The second-order valence-corrected chi connectivity index (χ2v) is 2.42. The first-order valence-electron chi connectivity index (χ1n) is 1.14. The summed E-state index contributed by atoms with van der Waals surface area (Å²) in [5.41, 5.74) is 6.50. The van der Waals surface area contributed by atoms with Crippen LogP contribution in [0.15, 0.2) is 0 Å². The molecule has 8 nitrogen and oxygen atoms in total. The van der Waals surface area contributed by atoms with Gasteiger partial charge in [-0.05, 0) is 11.2 Å². The van der Waals surface area contributed by atoms with Gasteiger partial charge < -0.3 is 0 Å². The summed E-state index contributed by atoms with van der Waals surface area (Å²) in [4.78, 5) is 15.5. The zero-order chi connectivity index (χ0) is 8.50. The van der Waals surface area contributed by atoms with E-state index in [0.29, 0.717) is 0 Å². The molecule has 0 bridgehead atoms. The first kappa shape index (κ1) is 15.8. The molecule has 0 saturated carbocycles. The van der Waals surface area contributed by atoms with E-state index in [2.05, 4.69) is 11.2 Å². The summed E-state index contributed by atoms with van der Waals surface area (Å²) in [6.45, 7) is 0. The van der Waals surface area contributed by atoms with Gasteiger partial charge in [0.15, 0.2) is 0 Å². The van der Waals surface area contributed by atoms with Gasteiger partial charge in [-0.25, -0.2) is 0 Å². The molecule has 0 saturated heterocycles. The van der Waals surface area contributed by atoms with E-state index in [-0.39, 0.29) is 0 Å². The number of hydrogen-bond acceptors (Lipinski definition) is 6. The molecule has 0 aromatic rings. The van der Waals surface area contributed by atoms with E-state index in [0.717, 1.165) is 0 Å². The maximum atomic E-state index is 8.63. The van der Waals surface area contributed by atoms with Gasteiger partial charge in [-0.15, -0.1) is 0 Å². The van der Waals surface area contributed by atoms with Crippen molar-refractivity contribution < 1.29 is 42.2 Å². The molecule has 9 heteroatoms. The van der Waals surface area contributed by atoms with Gasteiger partial charge in [-0.1, -0.05) is 0 Å². The van der Waals surface area contributed by atoms with Gasteiger partial charge in [-0.2, -0.15) is 0 Å². The van der Waals surface area contributed by atoms with Crippen molar-refractivity contribution in [2.45, 2.75) is 0 Å². The van der Waals surface area contributed by atoms with Crippen molar-refractivity contribution in [3.63, 3.8) is 0 Å². The van der Waals surface area contributed by atoms with Gasteiger partial charge in [0.25, 0.3) is 0 Å². The Morgan fingerprint density at radius 2 is 0.889 bits per heavy atom. The van der Waals surface area contributed by atoms with Crippen LogP contribution >= 0.6 is 0 Å². The van der Waals surface area contributed by atoms with E-state index >= 15 is 0 Å². The second-order valence-electron chi connectivity index (χ2n) is 0.408. The SMILES string of the molecule is [NH2+]=O.[NH2+]=O.[O]=[Mo](=[O])([O-])[O-].